The zero-order valence-electron chi connectivity index (χ0n) is 14.1. The first-order chi connectivity index (χ1) is 11.4. The summed E-state index contributed by atoms with van der Waals surface area (Å²) in [4.78, 5) is 2.45. The van der Waals surface area contributed by atoms with E-state index in [1.165, 1.54) is 37.5 Å². The summed E-state index contributed by atoms with van der Waals surface area (Å²) < 4.78 is 40.5. The van der Waals surface area contributed by atoms with Crippen molar-refractivity contribution >= 4 is 21.6 Å². The van der Waals surface area contributed by atoms with Crippen LogP contribution >= 0.6 is 11.6 Å². The number of rotatable bonds is 8. The highest BCUT2D eigenvalue weighted by Gasteiger charge is 2.21. The van der Waals surface area contributed by atoms with Crippen LogP contribution in [0.2, 0.25) is 5.02 Å². The first-order valence-corrected chi connectivity index (χ1v) is 10.6. The Hall–Kier alpha value is -0.690. The second kappa shape index (κ2) is 9.13. The van der Waals surface area contributed by atoms with E-state index in [-0.39, 0.29) is 10.6 Å². The van der Waals surface area contributed by atoms with Crippen LogP contribution < -0.4 is 4.72 Å². The molecule has 1 aromatic carbocycles. The van der Waals surface area contributed by atoms with E-state index in [1.807, 2.05) is 0 Å². The molecule has 0 saturated carbocycles. The van der Waals surface area contributed by atoms with Crippen LogP contribution in [0.4, 0.5) is 4.39 Å². The van der Waals surface area contributed by atoms with Gasteiger partial charge < -0.3 is 4.90 Å². The summed E-state index contributed by atoms with van der Waals surface area (Å²) in [7, 11) is -3.59. The lowest BCUT2D eigenvalue weighted by molar-refractivity contribution is 0.143. The van der Waals surface area contributed by atoms with Gasteiger partial charge in [0.1, 0.15) is 5.82 Å². The van der Waals surface area contributed by atoms with Crippen molar-refractivity contribution in [2.75, 3.05) is 19.6 Å². The molecule has 1 aliphatic rings. The third-order valence-corrected chi connectivity index (χ3v) is 6.23. The van der Waals surface area contributed by atoms with Crippen LogP contribution in [-0.4, -0.2) is 39.0 Å². The van der Waals surface area contributed by atoms with Crippen LogP contribution in [0.1, 0.15) is 44.6 Å². The van der Waals surface area contributed by atoms with Crippen LogP contribution in [0.15, 0.2) is 18.2 Å². The van der Waals surface area contributed by atoms with Crippen LogP contribution in [0, 0.1) is 5.82 Å². The van der Waals surface area contributed by atoms with Crippen molar-refractivity contribution in [3.05, 3.63) is 34.6 Å². The Kier molecular flexibility index (Phi) is 7.47. The van der Waals surface area contributed by atoms with Crippen molar-refractivity contribution in [3.8, 4) is 0 Å². The van der Waals surface area contributed by atoms with Gasteiger partial charge in [-0.1, -0.05) is 31.0 Å². The number of halogens is 2. The highest BCUT2D eigenvalue weighted by Crippen LogP contribution is 2.21. The lowest BCUT2D eigenvalue weighted by atomic mass is 10.00. The van der Waals surface area contributed by atoms with Crippen molar-refractivity contribution < 1.29 is 12.8 Å². The Balaban J connectivity index is 1.80. The minimum Gasteiger partial charge on any atom is -0.300 e. The van der Waals surface area contributed by atoms with Crippen LogP contribution in [-0.2, 0) is 15.8 Å². The lowest BCUT2D eigenvalue weighted by Crippen LogP contribution is -2.40. The smallest absolute Gasteiger partial charge is 0.215 e. The minimum atomic E-state index is -3.59. The van der Waals surface area contributed by atoms with Crippen LogP contribution in [0.3, 0.4) is 0 Å². The topological polar surface area (TPSA) is 49.4 Å². The average Bonchev–Trinajstić information content (AvgIpc) is 2.55. The molecule has 0 spiro atoms. The number of piperidine rings is 1. The number of sulfonamides is 1. The molecule has 4 nitrogen and oxygen atoms in total. The number of nitrogens with one attached hydrogen (secondary N) is 1. The molecule has 136 valence electrons. The van der Waals surface area contributed by atoms with E-state index in [9.17, 15) is 12.8 Å². The maximum Gasteiger partial charge on any atom is 0.215 e. The third-order valence-electron chi connectivity index (χ3n) is 4.56. The monoisotopic (exact) mass is 376 g/mol. The van der Waals surface area contributed by atoms with E-state index in [1.54, 1.807) is 0 Å². The van der Waals surface area contributed by atoms with Gasteiger partial charge in [0.05, 0.1) is 5.75 Å². The zero-order valence-corrected chi connectivity index (χ0v) is 15.7. The summed E-state index contributed by atoms with van der Waals surface area (Å²) >= 11 is 5.89. The molecule has 1 N–H and O–H groups in total. The fourth-order valence-electron chi connectivity index (χ4n) is 3.24. The molecule has 0 amide bonds. The van der Waals surface area contributed by atoms with E-state index < -0.39 is 21.6 Å². The van der Waals surface area contributed by atoms with Gasteiger partial charge in [-0.25, -0.2) is 17.5 Å². The molecular formula is C17H26ClFN2O2S. The van der Waals surface area contributed by atoms with Gasteiger partial charge in [0.2, 0.25) is 10.0 Å². The number of nitrogens with zero attached hydrogens (tertiary/aromatic N) is 1. The molecule has 0 unspecified atom stereocenters. The Morgan fingerprint density at radius 3 is 2.88 bits per heavy atom. The van der Waals surface area contributed by atoms with Crippen molar-refractivity contribution in [1.29, 1.82) is 0 Å². The molecular weight excluding hydrogens is 351 g/mol. The fraction of sp³-hybridized carbons (Fsp3) is 0.647. The number of likely N-dealkylation sites (tertiary alicyclic amines) is 1. The summed E-state index contributed by atoms with van der Waals surface area (Å²) in [5, 5.41) is 0.138. The molecule has 24 heavy (non-hydrogen) atoms. The molecule has 0 aromatic heterocycles. The predicted octanol–water partition coefficient (Wildman–Crippen LogP) is 3.55. The van der Waals surface area contributed by atoms with E-state index in [0.717, 1.165) is 25.9 Å². The molecule has 1 aliphatic heterocycles. The van der Waals surface area contributed by atoms with Gasteiger partial charge in [-0.05, 0) is 50.9 Å². The molecule has 0 aliphatic carbocycles. The zero-order chi connectivity index (χ0) is 17.6. The van der Waals surface area contributed by atoms with Gasteiger partial charge in [-0.15, -0.1) is 0 Å². The standard InChI is InChI=1S/C17H26ClFN2O2S/c1-2-14-7-3-4-11-21(14)12-6-10-20-24(22,23)13-15-16(18)8-5-9-17(15)19/h5,8-9,14,20H,2-4,6-7,10-13H2,1H3/t14-/m0/s1. The predicted molar refractivity (Wildman–Crippen MR) is 96.2 cm³/mol. The Morgan fingerprint density at radius 1 is 1.38 bits per heavy atom. The van der Waals surface area contributed by atoms with Gasteiger partial charge in [-0.3, -0.25) is 0 Å². The molecule has 1 saturated heterocycles. The van der Waals surface area contributed by atoms with Gasteiger partial charge >= 0.3 is 0 Å². The largest absolute Gasteiger partial charge is 0.300 e. The Morgan fingerprint density at radius 2 is 2.17 bits per heavy atom. The molecule has 1 aromatic rings. The molecule has 1 atom stereocenters. The van der Waals surface area contributed by atoms with E-state index in [4.69, 9.17) is 11.6 Å². The highest BCUT2D eigenvalue weighted by atomic mass is 35.5. The number of hydrogen-bond acceptors (Lipinski definition) is 3. The lowest BCUT2D eigenvalue weighted by Gasteiger charge is -2.35. The third kappa shape index (κ3) is 5.69. The SMILES string of the molecule is CC[C@H]1CCCCN1CCCNS(=O)(=O)Cc1c(F)cccc1Cl. The molecule has 7 heteroatoms. The van der Waals surface area contributed by atoms with Gasteiger partial charge in [0.15, 0.2) is 0 Å². The second-order valence-corrected chi connectivity index (χ2v) is 8.52. The summed E-state index contributed by atoms with van der Waals surface area (Å²) in [6, 6.07) is 4.80. The number of hydrogen-bond donors (Lipinski definition) is 1. The van der Waals surface area contributed by atoms with Crippen LogP contribution in [0.5, 0.6) is 0 Å². The van der Waals surface area contributed by atoms with Gasteiger partial charge in [0, 0.05) is 23.2 Å². The summed E-state index contributed by atoms with van der Waals surface area (Å²) in [6.07, 6.45) is 5.62. The first kappa shape index (κ1) is 19.6. The van der Waals surface area contributed by atoms with Crippen molar-refractivity contribution in [1.82, 2.24) is 9.62 Å². The molecule has 1 heterocycles. The minimum absolute atomic E-state index is 0.0220. The van der Waals surface area contributed by atoms with Crippen molar-refractivity contribution in [2.24, 2.45) is 0 Å². The summed E-state index contributed by atoms with van der Waals surface area (Å²) in [5.74, 6) is -1.02. The quantitative estimate of drug-likeness (QED) is 0.706. The normalized spacial score (nSPS) is 19.5. The van der Waals surface area contributed by atoms with Gasteiger partial charge in [-0.2, -0.15) is 0 Å². The molecule has 0 bridgehead atoms. The maximum absolute atomic E-state index is 13.7. The fourth-order valence-corrected chi connectivity index (χ4v) is 4.78. The summed E-state index contributed by atoms with van der Waals surface area (Å²) in [6.45, 7) is 4.54. The highest BCUT2D eigenvalue weighted by molar-refractivity contribution is 7.88. The van der Waals surface area contributed by atoms with Crippen molar-refractivity contribution in [2.45, 2.75) is 50.8 Å². The Bertz CT molecular complexity index is 619. The number of benzene rings is 1. The van der Waals surface area contributed by atoms with E-state index in [0.29, 0.717) is 12.6 Å². The van der Waals surface area contributed by atoms with Crippen molar-refractivity contribution in [3.63, 3.8) is 0 Å². The molecule has 0 radical (unpaired) electrons. The van der Waals surface area contributed by atoms with Crippen LogP contribution in [0.25, 0.3) is 0 Å². The van der Waals surface area contributed by atoms with E-state index in [2.05, 4.69) is 16.5 Å². The second-order valence-electron chi connectivity index (χ2n) is 6.30. The Labute approximate surface area is 149 Å². The average molecular weight is 377 g/mol. The summed E-state index contributed by atoms with van der Waals surface area (Å²) in [5.41, 5.74) is 0.0220. The molecule has 1 fully saturated rings. The maximum atomic E-state index is 13.7. The van der Waals surface area contributed by atoms with Gasteiger partial charge in [0.25, 0.3) is 0 Å². The first-order valence-electron chi connectivity index (χ1n) is 8.57. The van der Waals surface area contributed by atoms with E-state index >= 15 is 0 Å². The molecule has 2 rings (SSSR count).